The number of carbonyl (C=O) groups is 1. The summed E-state index contributed by atoms with van der Waals surface area (Å²) < 4.78 is 43.5. The number of hydrogen-bond donors (Lipinski definition) is 0. The molecule has 146 valence electrons. The van der Waals surface area contributed by atoms with E-state index in [1.165, 1.54) is 29.2 Å². The predicted molar refractivity (Wildman–Crippen MR) is 98.2 cm³/mol. The number of halogens is 3. The summed E-state index contributed by atoms with van der Waals surface area (Å²) in [4.78, 5) is 19.8. The van der Waals surface area contributed by atoms with E-state index in [-0.39, 0.29) is 24.4 Å². The molecule has 5 rings (SSSR count). The largest absolute Gasteiger partial charge is 0.325 e. The molecule has 3 aromatic heterocycles. The normalized spacial score (nSPS) is 16.1. The summed E-state index contributed by atoms with van der Waals surface area (Å²) in [6.45, 7) is 0. The molecule has 0 unspecified atom stereocenters. The van der Waals surface area contributed by atoms with Gasteiger partial charge in [0.2, 0.25) is 0 Å². The van der Waals surface area contributed by atoms with Crippen molar-refractivity contribution >= 4 is 11.9 Å². The first-order chi connectivity index (χ1) is 13.9. The SMILES string of the molecule is O=Cc1cnc2ccc(-c3c(-c4ccc(F)cc4)ncn3C3CC(F)(F)C3)nn12. The number of fused-ring (bicyclic) bond motifs is 1. The molecule has 0 spiro atoms. The molecule has 4 aromatic rings. The highest BCUT2D eigenvalue weighted by molar-refractivity contribution is 5.78. The Morgan fingerprint density at radius 1 is 1.07 bits per heavy atom. The highest BCUT2D eigenvalue weighted by Gasteiger charge is 2.47. The number of nitrogens with zero attached hydrogens (tertiary/aromatic N) is 5. The number of hydrogen-bond acceptors (Lipinski definition) is 4. The summed E-state index contributed by atoms with van der Waals surface area (Å²) in [5.41, 5.74) is 2.87. The molecule has 1 fully saturated rings. The summed E-state index contributed by atoms with van der Waals surface area (Å²) in [6, 6.07) is 8.75. The van der Waals surface area contributed by atoms with Crippen LogP contribution in [0.5, 0.6) is 0 Å². The number of imidazole rings is 2. The molecule has 0 radical (unpaired) electrons. The summed E-state index contributed by atoms with van der Waals surface area (Å²) in [5, 5.41) is 4.49. The second-order valence-electron chi connectivity index (χ2n) is 7.06. The number of benzene rings is 1. The van der Waals surface area contributed by atoms with Gasteiger partial charge < -0.3 is 4.57 Å². The number of alkyl halides is 2. The lowest BCUT2D eigenvalue weighted by molar-refractivity contribution is -0.103. The van der Waals surface area contributed by atoms with Crippen molar-refractivity contribution < 1.29 is 18.0 Å². The molecule has 0 atom stereocenters. The third-order valence-corrected chi connectivity index (χ3v) is 5.13. The van der Waals surface area contributed by atoms with Crippen molar-refractivity contribution in [3.8, 4) is 22.6 Å². The Kier molecular flexibility index (Phi) is 3.80. The van der Waals surface area contributed by atoms with Crippen LogP contribution in [0.2, 0.25) is 0 Å². The van der Waals surface area contributed by atoms with E-state index in [1.807, 2.05) is 0 Å². The molecule has 1 aliphatic carbocycles. The fraction of sp³-hybridized carbons (Fsp3) is 0.200. The van der Waals surface area contributed by atoms with Gasteiger partial charge in [-0.15, -0.1) is 0 Å². The third kappa shape index (κ3) is 2.89. The Bertz CT molecular complexity index is 1220. The number of rotatable bonds is 4. The van der Waals surface area contributed by atoms with Crippen LogP contribution in [-0.4, -0.2) is 36.4 Å². The van der Waals surface area contributed by atoms with Crippen LogP contribution in [0.25, 0.3) is 28.3 Å². The molecule has 0 N–H and O–H groups in total. The van der Waals surface area contributed by atoms with E-state index in [1.54, 1.807) is 28.8 Å². The zero-order chi connectivity index (χ0) is 20.2. The van der Waals surface area contributed by atoms with Crippen molar-refractivity contribution in [2.45, 2.75) is 24.8 Å². The second kappa shape index (κ2) is 6.26. The molecular weight excluding hydrogens is 383 g/mol. The molecule has 9 heteroatoms. The average molecular weight is 397 g/mol. The monoisotopic (exact) mass is 397 g/mol. The lowest BCUT2D eigenvalue weighted by Crippen LogP contribution is -2.37. The van der Waals surface area contributed by atoms with E-state index in [0.717, 1.165) is 0 Å². The molecule has 0 amide bonds. The van der Waals surface area contributed by atoms with Crippen LogP contribution in [0.3, 0.4) is 0 Å². The molecular formula is C20H14F3N5O. The first-order valence-corrected chi connectivity index (χ1v) is 8.96. The van der Waals surface area contributed by atoms with E-state index in [0.29, 0.717) is 34.6 Å². The highest BCUT2D eigenvalue weighted by atomic mass is 19.3. The minimum Gasteiger partial charge on any atom is -0.325 e. The van der Waals surface area contributed by atoms with Crippen molar-refractivity contribution in [3.63, 3.8) is 0 Å². The number of aromatic nitrogens is 5. The molecule has 0 aliphatic heterocycles. The Hall–Kier alpha value is -3.49. The van der Waals surface area contributed by atoms with E-state index < -0.39 is 12.0 Å². The topological polar surface area (TPSA) is 65.1 Å². The van der Waals surface area contributed by atoms with Gasteiger partial charge in [-0.1, -0.05) is 0 Å². The zero-order valence-electron chi connectivity index (χ0n) is 15.0. The fourth-order valence-electron chi connectivity index (χ4n) is 3.63. The predicted octanol–water partition coefficient (Wildman–Crippen LogP) is 4.18. The van der Waals surface area contributed by atoms with Gasteiger partial charge in [-0.3, -0.25) is 4.79 Å². The van der Waals surface area contributed by atoms with E-state index in [2.05, 4.69) is 15.1 Å². The van der Waals surface area contributed by atoms with Crippen LogP contribution in [0.4, 0.5) is 13.2 Å². The standard InChI is InChI=1S/C20H14F3N5O/c21-13-3-1-12(2-4-13)18-19(27(11-25-18)14-7-20(22,23)8-14)16-5-6-17-24-9-15(10-29)28(17)26-16/h1-6,9-11,14H,7-8H2. The van der Waals surface area contributed by atoms with Crippen molar-refractivity contribution in [1.82, 2.24) is 24.1 Å². The van der Waals surface area contributed by atoms with Gasteiger partial charge in [-0.05, 0) is 36.4 Å². The van der Waals surface area contributed by atoms with Crippen LogP contribution in [0.15, 0.2) is 48.9 Å². The van der Waals surface area contributed by atoms with E-state index in [9.17, 15) is 18.0 Å². The molecule has 29 heavy (non-hydrogen) atoms. The minimum atomic E-state index is -2.70. The van der Waals surface area contributed by atoms with Crippen molar-refractivity contribution in [2.75, 3.05) is 0 Å². The summed E-state index contributed by atoms with van der Waals surface area (Å²) in [6.07, 6.45) is 2.98. The van der Waals surface area contributed by atoms with Gasteiger partial charge in [-0.25, -0.2) is 27.7 Å². The minimum absolute atomic E-state index is 0.270. The summed E-state index contributed by atoms with van der Waals surface area (Å²) >= 11 is 0. The maximum absolute atomic E-state index is 13.5. The Balaban J connectivity index is 1.69. The molecule has 0 bridgehead atoms. The van der Waals surface area contributed by atoms with Gasteiger partial charge in [-0.2, -0.15) is 5.10 Å². The zero-order valence-corrected chi connectivity index (χ0v) is 15.0. The summed E-state index contributed by atoms with van der Waals surface area (Å²) in [7, 11) is 0. The molecule has 1 saturated carbocycles. The maximum Gasteiger partial charge on any atom is 0.252 e. The Morgan fingerprint density at radius 3 is 2.52 bits per heavy atom. The van der Waals surface area contributed by atoms with Crippen LogP contribution >= 0.6 is 0 Å². The van der Waals surface area contributed by atoms with Crippen molar-refractivity contribution in [3.05, 3.63) is 60.4 Å². The van der Waals surface area contributed by atoms with E-state index >= 15 is 0 Å². The third-order valence-electron chi connectivity index (χ3n) is 5.13. The van der Waals surface area contributed by atoms with Gasteiger partial charge in [0.1, 0.15) is 17.2 Å². The lowest BCUT2D eigenvalue weighted by Gasteiger charge is -2.36. The fourth-order valence-corrected chi connectivity index (χ4v) is 3.63. The quantitative estimate of drug-likeness (QED) is 0.485. The summed E-state index contributed by atoms with van der Waals surface area (Å²) in [5.74, 6) is -3.09. The van der Waals surface area contributed by atoms with E-state index in [4.69, 9.17) is 0 Å². The van der Waals surface area contributed by atoms with Gasteiger partial charge in [0, 0.05) is 24.4 Å². The van der Waals surface area contributed by atoms with Crippen molar-refractivity contribution in [1.29, 1.82) is 0 Å². The van der Waals surface area contributed by atoms with Crippen LogP contribution < -0.4 is 0 Å². The molecule has 1 aromatic carbocycles. The molecule has 6 nitrogen and oxygen atoms in total. The van der Waals surface area contributed by atoms with Gasteiger partial charge in [0.25, 0.3) is 5.92 Å². The molecule has 0 saturated heterocycles. The van der Waals surface area contributed by atoms with Gasteiger partial charge in [0.05, 0.1) is 23.9 Å². The first kappa shape index (κ1) is 17.6. The number of aldehydes is 1. The first-order valence-electron chi connectivity index (χ1n) is 8.96. The maximum atomic E-state index is 13.5. The van der Waals surface area contributed by atoms with Crippen LogP contribution in [0, 0.1) is 5.82 Å². The highest BCUT2D eigenvalue weighted by Crippen LogP contribution is 2.47. The Morgan fingerprint density at radius 2 is 1.83 bits per heavy atom. The van der Waals surface area contributed by atoms with Crippen LogP contribution in [-0.2, 0) is 0 Å². The molecule has 3 heterocycles. The molecule has 1 aliphatic rings. The van der Waals surface area contributed by atoms with Gasteiger partial charge >= 0.3 is 0 Å². The smallest absolute Gasteiger partial charge is 0.252 e. The average Bonchev–Trinajstić information content (AvgIpc) is 3.30. The Labute approximate surface area is 162 Å². The number of carbonyl (C=O) groups excluding carboxylic acids is 1. The van der Waals surface area contributed by atoms with Crippen molar-refractivity contribution in [2.24, 2.45) is 0 Å². The second-order valence-corrected chi connectivity index (χ2v) is 7.06. The lowest BCUT2D eigenvalue weighted by atomic mass is 9.87. The van der Waals surface area contributed by atoms with Gasteiger partial charge in [0.15, 0.2) is 11.9 Å². The van der Waals surface area contributed by atoms with Crippen LogP contribution in [0.1, 0.15) is 29.4 Å².